The van der Waals surface area contributed by atoms with E-state index in [0.717, 1.165) is 10.5 Å². The van der Waals surface area contributed by atoms with E-state index in [1.165, 1.54) is 0 Å². The number of urea groups is 1. The van der Waals surface area contributed by atoms with Crippen molar-refractivity contribution in [1.82, 2.24) is 15.5 Å². The maximum Gasteiger partial charge on any atom is 0.325 e. The Morgan fingerprint density at radius 2 is 1.85 bits per heavy atom. The summed E-state index contributed by atoms with van der Waals surface area (Å²) in [5, 5.41) is 5.42. The van der Waals surface area contributed by atoms with Crippen LogP contribution in [0.5, 0.6) is 23.0 Å². The summed E-state index contributed by atoms with van der Waals surface area (Å²) in [6.07, 6.45) is -0.123. The summed E-state index contributed by atoms with van der Waals surface area (Å²) < 4.78 is 22.1. The number of imide groups is 1. The zero-order valence-corrected chi connectivity index (χ0v) is 18.0. The van der Waals surface area contributed by atoms with Crippen LogP contribution in [0.2, 0.25) is 0 Å². The molecule has 0 saturated carbocycles. The highest BCUT2D eigenvalue weighted by Crippen LogP contribution is 2.34. The summed E-state index contributed by atoms with van der Waals surface area (Å²) >= 11 is 0. The lowest BCUT2D eigenvalue weighted by Crippen LogP contribution is -2.48. The van der Waals surface area contributed by atoms with Crippen molar-refractivity contribution in [3.8, 4) is 23.0 Å². The van der Waals surface area contributed by atoms with Gasteiger partial charge in [-0.25, -0.2) is 4.79 Å². The molecule has 3 aliphatic rings. The van der Waals surface area contributed by atoms with Gasteiger partial charge in [0, 0.05) is 6.42 Å². The zero-order chi connectivity index (χ0) is 23.0. The second kappa shape index (κ2) is 8.19. The molecule has 2 aromatic rings. The lowest BCUT2D eigenvalue weighted by molar-refractivity contribution is -0.134. The van der Waals surface area contributed by atoms with Crippen molar-refractivity contribution in [2.75, 3.05) is 26.5 Å². The van der Waals surface area contributed by atoms with Crippen molar-refractivity contribution in [3.63, 3.8) is 0 Å². The fourth-order valence-corrected chi connectivity index (χ4v) is 4.06. The Morgan fingerprint density at radius 1 is 1.09 bits per heavy atom. The molecule has 1 saturated heterocycles. The molecule has 1 fully saturated rings. The molecule has 4 amide bonds. The highest BCUT2D eigenvalue weighted by atomic mass is 16.7. The van der Waals surface area contributed by atoms with E-state index < -0.39 is 23.4 Å². The van der Waals surface area contributed by atoms with Crippen molar-refractivity contribution in [3.05, 3.63) is 48.0 Å². The van der Waals surface area contributed by atoms with Crippen molar-refractivity contribution in [1.29, 1.82) is 0 Å². The Hall–Kier alpha value is -3.95. The standard InChI is InChI=1S/C23H23N3O7/c1-23(9-14-6-7-17-19(8-14)32-13-31-17)21(28)26(22(29)25-23)11-20(27)24-10-15-12-30-16-4-2-3-5-18(16)33-15/h2-8,15H,9-13H2,1H3,(H,24,27)(H,25,29). The molecule has 10 heteroatoms. The molecule has 0 aromatic heterocycles. The third kappa shape index (κ3) is 4.11. The Kier molecular flexibility index (Phi) is 5.20. The number of carbonyl (C=O) groups excluding carboxylic acids is 3. The van der Waals surface area contributed by atoms with Crippen LogP contribution in [-0.2, 0) is 16.0 Å². The predicted octanol–water partition coefficient (Wildman–Crippen LogP) is 1.22. The van der Waals surface area contributed by atoms with Gasteiger partial charge in [0.05, 0.1) is 6.54 Å². The molecule has 0 aliphatic carbocycles. The molecule has 0 radical (unpaired) electrons. The van der Waals surface area contributed by atoms with Gasteiger partial charge in [-0.3, -0.25) is 14.5 Å². The van der Waals surface area contributed by atoms with Crippen LogP contribution in [0.25, 0.3) is 0 Å². The molecule has 3 heterocycles. The Bertz CT molecular complexity index is 1120. The number of hydrogen-bond donors (Lipinski definition) is 2. The number of amides is 4. The molecular weight excluding hydrogens is 430 g/mol. The molecule has 2 unspecified atom stereocenters. The third-order valence-corrected chi connectivity index (χ3v) is 5.74. The molecule has 3 aliphatic heterocycles. The Labute approximate surface area is 189 Å². The average molecular weight is 453 g/mol. The molecule has 0 spiro atoms. The first kappa shape index (κ1) is 20.9. The van der Waals surface area contributed by atoms with Crippen LogP contribution in [-0.4, -0.2) is 60.9 Å². The van der Waals surface area contributed by atoms with E-state index in [0.29, 0.717) is 23.0 Å². The topological polar surface area (TPSA) is 115 Å². The van der Waals surface area contributed by atoms with Crippen molar-refractivity contribution < 1.29 is 33.3 Å². The highest BCUT2D eigenvalue weighted by Gasteiger charge is 2.48. The third-order valence-electron chi connectivity index (χ3n) is 5.74. The number of nitrogens with one attached hydrogen (secondary N) is 2. The van der Waals surface area contributed by atoms with E-state index in [-0.39, 0.29) is 39.0 Å². The largest absolute Gasteiger partial charge is 0.486 e. The summed E-state index contributed by atoms with van der Waals surface area (Å²) in [6.45, 7) is 1.88. The summed E-state index contributed by atoms with van der Waals surface area (Å²) in [5.41, 5.74) is -0.369. The second-order valence-corrected chi connectivity index (χ2v) is 8.32. The molecule has 5 rings (SSSR count). The quantitative estimate of drug-likeness (QED) is 0.632. The maximum absolute atomic E-state index is 13.0. The lowest BCUT2D eigenvalue weighted by atomic mass is 9.92. The second-order valence-electron chi connectivity index (χ2n) is 8.32. The lowest BCUT2D eigenvalue weighted by Gasteiger charge is -2.26. The van der Waals surface area contributed by atoms with E-state index >= 15 is 0 Å². The first-order chi connectivity index (χ1) is 15.9. The van der Waals surface area contributed by atoms with Crippen LogP contribution in [0, 0.1) is 0 Å². The molecule has 0 bridgehead atoms. The number of rotatable bonds is 6. The monoisotopic (exact) mass is 453 g/mol. The van der Waals surface area contributed by atoms with E-state index in [1.807, 2.05) is 24.3 Å². The minimum atomic E-state index is -1.17. The van der Waals surface area contributed by atoms with Crippen LogP contribution < -0.4 is 29.6 Å². The molecule has 33 heavy (non-hydrogen) atoms. The zero-order valence-electron chi connectivity index (χ0n) is 18.0. The van der Waals surface area contributed by atoms with Crippen molar-refractivity contribution in [2.45, 2.75) is 25.0 Å². The fourth-order valence-electron chi connectivity index (χ4n) is 4.06. The summed E-state index contributed by atoms with van der Waals surface area (Å²) in [5.74, 6) is 1.57. The average Bonchev–Trinajstić information content (AvgIpc) is 3.35. The maximum atomic E-state index is 13.0. The first-order valence-electron chi connectivity index (χ1n) is 10.6. The molecular formula is C23H23N3O7. The molecule has 2 N–H and O–H groups in total. The van der Waals surface area contributed by atoms with Crippen molar-refractivity contribution in [2.24, 2.45) is 0 Å². The van der Waals surface area contributed by atoms with Crippen LogP contribution in [0.15, 0.2) is 42.5 Å². The van der Waals surface area contributed by atoms with Gasteiger partial charge in [-0.2, -0.15) is 0 Å². The van der Waals surface area contributed by atoms with Crippen LogP contribution in [0.3, 0.4) is 0 Å². The van der Waals surface area contributed by atoms with E-state index in [9.17, 15) is 14.4 Å². The normalized spacial score (nSPS) is 22.8. The Morgan fingerprint density at radius 3 is 2.70 bits per heavy atom. The minimum Gasteiger partial charge on any atom is -0.486 e. The number of fused-ring (bicyclic) bond motifs is 2. The van der Waals surface area contributed by atoms with E-state index in [2.05, 4.69) is 10.6 Å². The van der Waals surface area contributed by atoms with Gasteiger partial charge < -0.3 is 29.6 Å². The molecule has 172 valence electrons. The van der Waals surface area contributed by atoms with Crippen LogP contribution >= 0.6 is 0 Å². The van der Waals surface area contributed by atoms with Gasteiger partial charge in [-0.05, 0) is 36.8 Å². The van der Waals surface area contributed by atoms with E-state index in [1.54, 1.807) is 25.1 Å². The van der Waals surface area contributed by atoms with Gasteiger partial charge in [-0.15, -0.1) is 0 Å². The summed E-state index contributed by atoms with van der Waals surface area (Å²) in [6, 6.07) is 12.0. The minimum absolute atomic E-state index is 0.152. The molecule has 2 aromatic carbocycles. The molecule has 2 atom stereocenters. The summed E-state index contributed by atoms with van der Waals surface area (Å²) in [4.78, 5) is 38.9. The van der Waals surface area contributed by atoms with Gasteiger partial charge in [0.1, 0.15) is 24.8 Å². The smallest absolute Gasteiger partial charge is 0.325 e. The van der Waals surface area contributed by atoms with Crippen LogP contribution in [0.4, 0.5) is 4.79 Å². The number of para-hydroxylation sites is 2. The van der Waals surface area contributed by atoms with Gasteiger partial charge >= 0.3 is 6.03 Å². The van der Waals surface area contributed by atoms with Gasteiger partial charge in [0.25, 0.3) is 5.91 Å². The van der Waals surface area contributed by atoms with Gasteiger partial charge in [-0.1, -0.05) is 18.2 Å². The fraction of sp³-hybridized carbons (Fsp3) is 0.348. The Balaban J connectivity index is 1.16. The predicted molar refractivity (Wildman–Crippen MR) is 114 cm³/mol. The number of ether oxygens (including phenoxy) is 4. The molecule has 10 nitrogen and oxygen atoms in total. The number of benzene rings is 2. The number of nitrogens with zero attached hydrogens (tertiary/aromatic N) is 1. The van der Waals surface area contributed by atoms with Gasteiger partial charge in [0.15, 0.2) is 23.0 Å². The highest BCUT2D eigenvalue weighted by molar-refractivity contribution is 6.08. The van der Waals surface area contributed by atoms with E-state index in [4.69, 9.17) is 18.9 Å². The SMILES string of the molecule is CC1(Cc2ccc3c(c2)OCO3)NC(=O)N(CC(=O)NCC2COc3ccccc3O2)C1=O. The number of hydrogen-bond acceptors (Lipinski definition) is 7. The summed E-state index contributed by atoms with van der Waals surface area (Å²) in [7, 11) is 0. The van der Waals surface area contributed by atoms with Crippen LogP contribution in [0.1, 0.15) is 12.5 Å². The van der Waals surface area contributed by atoms with Gasteiger partial charge in [0.2, 0.25) is 12.7 Å². The first-order valence-corrected chi connectivity index (χ1v) is 10.6. The number of carbonyl (C=O) groups is 3. The van der Waals surface area contributed by atoms with Crippen molar-refractivity contribution >= 4 is 17.8 Å².